The summed E-state index contributed by atoms with van der Waals surface area (Å²) in [5, 5.41) is 13.1. The highest BCUT2D eigenvalue weighted by Gasteiger charge is 2.07. The zero-order valence-corrected chi connectivity index (χ0v) is 10.6. The highest BCUT2D eigenvalue weighted by Crippen LogP contribution is 2.29. The number of nitrogens with zero attached hydrogens (tertiary/aromatic N) is 2. The normalized spacial score (nSPS) is 9.71. The van der Waals surface area contributed by atoms with Gasteiger partial charge in [0.05, 0.1) is 10.2 Å². The number of hydrogen-bond acceptors (Lipinski definition) is 3. The largest absolute Gasteiger partial charge is 0.236 e. The molecule has 0 bridgehead atoms. The summed E-state index contributed by atoms with van der Waals surface area (Å²) < 4.78 is 1.16. The van der Waals surface area contributed by atoms with Gasteiger partial charge in [0.25, 0.3) is 0 Å². The lowest BCUT2D eigenvalue weighted by molar-refractivity contribution is 1.36. The molecule has 84 valence electrons. The van der Waals surface area contributed by atoms with E-state index in [9.17, 15) is 0 Å². The number of fused-ring (bicyclic) bond motifs is 3. The van der Waals surface area contributed by atoms with E-state index in [2.05, 4.69) is 11.1 Å². The van der Waals surface area contributed by atoms with E-state index in [1.54, 1.807) is 11.3 Å². The van der Waals surface area contributed by atoms with Crippen molar-refractivity contribution in [2.45, 2.75) is 13.8 Å². The highest BCUT2D eigenvalue weighted by molar-refractivity contribution is 7.18. The number of pyridine rings is 1. The van der Waals surface area contributed by atoms with Gasteiger partial charge in [0, 0.05) is 10.8 Å². The van der Waals surface area contributed by atoms with E-state index in [4.69, 9.17) is 5.26 Å². The first-order valence-corrected chi connectivity index (χ1v) is 6.44. The van der Waals surface area contributed by atoms with Crippen LogP contribution in [0.1, 0.15) is 19.5 Å². The topological polar surface area (TPSA) is 36.7 Å². The molecule has 0 atom stereocenters. The Balaban J connectivity index is 0.000000514. The molecule has 3 rings (SSSR count). The average molecular weight is 240 g/mol. The summed E-state index contributed by atoms with van der Waals surface area (Å²) in [6.07, 6.45) is 0. The molecule has 0 aliphatic rings. The van der Waals surface area contributed by atoms with Crippen LogP contribution in [0.5, 0.6) is 0 Å². The molecular weight excluding hydrogens is 228 g/mol. The first kappa shape index (κ1) is 11.6. The summed E-state index contributed by atoms with van der Waals surface area (Å²) >= 11 is 1.66. The Hall–Kier alpha value is -1.92. The second kappa shape index (κ2) is 4.94. The minimum Gasteiger partial charge on any atom is -0.236 e. The number of thiophene rings is 1. The molecule has 0 aliphatic carbocycles. The molecule has 0 saturated carbocycles. The predicted molar refractivity (Wildman–Crippen MR) is 73.2 cm³/mol. The molecule has 0 fully saturated rings. The number of aromatic nitrogens is 1. The van der Waals surface area contributed by atoms with E-state index < -0.39 is 0 Å². The van der Waals surface area contributed by atoms with Crippen molar-refractivity contribution in [1.29, 1.82) is 5.26 Å². The average Bonchev–Trinajstić information content (AvgIpc) is 2.88. The molecule has 2 nitrogen and oxygen atoms in total. The van der Waals surface area contributed by atoms with E-state index in [-0.39, 0.29) is 0 Å². The smallest absolute Gasteiger partial charge is 0.149 e. The molecule has 0 spiro atoms. The zero-order valence-electron chi connectivity index (χ0n) is 9.77. The fraction of sp³-hybridized carbons (Fsp3) is 0.143. The van der Waals surface area contributed by atoms with Gasteiger partial charge >= 0.3 is 0 Å². The molecule has 3 aromatic rings. The van der Waals surface area contributed by atoms with E-state index in [0.29, 0.717) is 5.69 Å². The lowest BCUT2D eigenvalue weighted by Crippen LogP contribution is -1.85. The third-order valence-corrected chi connectivity index (χ3v) is 3.35. The first-order valence-electron chi connectivity index (χ1n) is 5.56. The van der Waals surface area contributed by atoms with Crippen molar-refractivity contribution in [3.05, 3.63) is 41.4 Å². The molecule has 0 N–H and O–H groups in total. The van der Waals surface area contributed by atoms with Gasteiger partial charge in [-0.15, -0.1) is 11.3 Å². The molecule has 0 unspecified atom stereocenters. The van der Waals surface area contributed by atoms with Gasteiger partial charge in [0.1, 0.15) is 11.8 Å². The number of nitriles is 1. The third-order valence-electron chi connectivity index (χ3n) is 2.41. The third kappa shape index (κ3) is 1.88. The summed E-state index contributed by atoms with van der Waals surface area (Å²) in [6.45, 7) is 4.00. The summed E-state index contributed by atoms with van der Waals surface area (Å²) in [5.74, 6) is 0. The fourth-order valence-corrected chi connectivity index (χ4v) is 2.62. The molecule has 2 aromatic heterocycles. The van der Waals surface area contributed by atoms with Crippen molar-refractivity contribution >= 4 is 32.3 Å². The van der Waals surface area contributed by atoms with Gasteiger partial charge in [-0.25, -0.2) is 4.98 Å². The van der Waals surface area contributed by atoms with Crippen LogP contribution in [-0.4, -0.2) is 4.98 Å². The van der Waals surface area contributed by atoms with Crippen molar-refractivity contribution in [2.24, 2.45) is 0 Å². The van der Waals surface area contributed by atoms with Crippen LogP contribution in [0.2, 0.25) is 0 Å². The SMILES string of the molecule is CC.N#Cc1nc2ccsc2c2ccccc12. The maximum Gasteiger partial charge on any atom is 0.149 e. The van der Waals surface area contributed by atoms with Crippen LogP contribution < -0.4 is 0 Å². The number of benzene rings is 1. The molecule has 2 heterocycles. The van der Waals surface area contributed by atoms with Crippen LogP contribution in [0.4, 0.5) is 0 Å². The van der Waals surface area contributed by atoms with Gasteiger partial charge in [-0.3, -0.25) is 0 Å². The van der Waals surface area contributed by atoms with Gasteiger partial charge in [0.2, 0.25) is 0 Å². The summed E-state index contributed by atoms with van der Waals surface area (Å²) in [5.41, 5.74) is 1.42. The van der Waals surface area contributed by atoms with Gasteiger partial charge < -0.3 is 0 Å². The van der Waals surface area contributed by atoms with Crippen LogP contribution in [0.3, 0.4) is 0 Å². The maximum absolute atomic E-state index is 9.02. The minimum atomic E-state index is 0.511. The Morgan fingerprint density at radius 1 is 1.12 bits per heavy atom. The first-order chi connectivity index (χ1) is 8.40. The lowest BCUT2D eigenvalue weighted by Gasteiger charge is -2.00. The Bertz CT molecular complexity index is 692. The lowest BCUT2D eigenvalue weighted by atomic mass is 10.1. The quantitative estimate of drug-likeness (QED) is 0.585. The highest BCUT2D eigenvalue weighted by atomic mass is 32.1. The second-order valence-electron chi connectivity index (χ2n) is 3.25. The standard InChI is InChI=1S/C12H6N2S.C2H6/c13-7-11-8-3-1-2-4-9(8)12-10(14-11)5-6-15-12;1-2/h1-6H;1-2H3. The second-order valence-corrected chi connectivity index (χ2v) is 4.17. The molecular formula is C14H12N2S. The zero-order chi connectivity index (χ0) is 12.3. The summed E-state index contributed by atoms with van der Waals surface area (Å²) in [6, 6.07) is 12.0. The molecule has 0 amide bonds. The molecule has 1 aromatic carbocycles. The molecule has 17 heavy (non-hydrogen) atoms. The summed E-state index contributed by atoms with van der Waals surface area (Å²) in [7, 11) is 0. The minimum absolute atomic E-state index is 0.511. The van der Waals surface area contributed by atoms with Crippen molar-refractivity contribution in [1.82, 2.24) is 4.98 Å². The van der Waals surface area contributed by atoms with Crippen LogP contribution in [0, 0.1) is 11.3 Å². The molecule has 0 radical (unpaired) electrons. The van der Waals surface area contributed by atoms with Gasteiger partial charge in [0.15, 0.2) is 0 Å². The van der Waals surface area contributed by atoms with Crippen LogP contribution in [-0.2, 0) is 0 Å². The number of rotatable bonds is 0. The number of hydrogen-bond donors (Lipinski definition) is 0. The van der Waals surface area contributed by atoms with Crippen LogP contribution in [0.25, 0.3) is 21.0 Å². The van der Waals surface area contributed by atoms with Crippen LogP contribution >= 0.6 is 11.3 Å². The Morgan fingerprint density at radius 3 is 2.53 bits per heavy atom. The Labute approximate surface area is 104 Å². The van der Waals surface area contributed by atoms with E-state index in [1.807, 2.05) is 49.6 Å². The van der Waals surface area contributed by atoms with Gasteiger partial charge in [-0.05, 0) is 11.4 Å². The molecule has 0 saturated heterocycles. The fourth-order valence-electron chi connectivity index (χ4n) is 1.75. The van der Waals surface area contributed by atoms with Crippen molar-refractivity contribution in [2.75, 3.05) is 0 Å². The molecule has 3 heteroatoms. The van der Waals surface area contributed by atoms with Gasteiger partial charge in [-0.2, -0.15) is 5.26 Å². The predicted octanol–water partition coefficient (Wildman–Crippen LogP) is 4.35. The Morgan fingerprint density at radius 2 is 1.82 bits per heavy atom. The van der Waals surface area contributed by atoms with Crippen LogP contribution in [0.15, 0.2) is 35.7 Å². The van der Waals surface area contributed by atoms with Gasteiger partial charge in [-0.1, -0.05) is 38.1 Å². The Kier molecular flexibility index (Phi) is 3.36. The summed E-state index contributed by atoms with van der Waals surface area (Å²) in [4.78, 5) is 4.33. The van der Waals surface area contributed by atoms with Crippen molar-refractivity contribution < 1.29 is 0 Å². The maximum atomic E-state index is 9.02. The van der Waals surface area contributed by atoms with E-state index in [0.717, 1.165) is 21.0 Å². The monoisotopic (exact) mass is 240 g/mol. The van der Waals surface area contributed by atoms with E-state index >= 15 is 0 Å². The van der Waals surface area contributed by atoms with Crippen molar-refractivity contribution in [3.8, 4) is 6.07 Å². The van der Waals surface area contributed by atoms with E-state index in [1.165, 1.54) is 0 Å². The van der Waals surface area contributed by atoms with Crippen molar-refractivity contribution in [3.63, 3.8) is 0 Å². The molecule has 0 aliphatic heterocycles.